The summed E-state index contributed by atoms with van der Waals surface area (Å²) in [6.45, 7) is 0. The lowest BCUT2D eigenvalue weighted by Gasteiger charge is -2.12. The number of nitrogens with two attached hydrogens (primary N) is 1. The van der Waals surface area contributed by atoms with Crippen LogP contribution in [-0.4, -0.2) is 17.6 Å². The van der Waals surface area contributed by atoms with Crippen LogP contribution in [0.4, 0.5) is 5.69 Å². The van der Waals surface area contributed by atoms with Gasteiger partial charge in [0.15, 0.2) is 5.69 Å². The van der Waals surface area contributed by atoms with E-state index in [-0.39, 0.29) is 16.9 Å². The van der Waals surface area contributed by atoms with Crippen molar-refractivity contribution in [3.8, 4) is 11.8 Å². The number of halogens is 3. The Balaban J connectivity index is 2.82. The second-order valence-electron chi connectivity index (χ2n) is 4.00. The van der Waals surface area contributed by atoms with Crippen LogP contribution in [0, 0.1) is 11.3 Å². The number of hydrogen-bond acceptors (Lipinski definition) is 4. The number of ether oxygens (including phenoxy) is 1. The van der Waals surface area contributed by atoms with Gasteiger partial charge in [-0.3, -0.25) is 0 Å². The van der Waals surface area contributed by atoms with Gasteiger partial charge >= 0.3 is 5.97 Å². The molecule has 8 heteroatoms. The van der Waals surface area contributed by atoms with Crippen LogP contribution in [0.2, 0.25) is 10.0 Å². The number of methoxy groups -OCH3 is 1. The van der Waals surface area contributed by atoms with Crippen LogP contribution in [0.15, 0.2) is 22.8 Å². The molecule has 0 amide bonds. The fourth-order valence-corrected chi connectivity index (χ4v) is 3.25. The van der Waals surface area contributed by atoms with E-state index in [9.17, 15) is 4.79 Å². The molecule has 0 atom stereocenters. The van der Waals surface area contributed by atoms with Crippen LogP contribution < -0.4 is 5.73 Å². The van der Waals surface area contributed by atoms with Crippen molar-refractivity contribution < 1.29 is 9.53 Å². The van der Waals surface area contributed by atoms with E-state index in [1.165, 1.54) is 17.9 Å². The van der Waals surface area contributed by atoms with E-state index in [0.29, 0.717) is 20.2 Å². The maximum Gasteiger partial charge on any atom is 0.357 e. The molecular formula is C13H8BrCl2N3O2. The summed E-state index contributed by atoms with van der Waals surface area (Å²) in [4.78, 5) is 11.9. The van der Waals surface area contributed by atoms with E-state index in [1.807, 2.05) is 6.07 Å². The van der Waals surface area contributed by atoms with Crippen molar-refractivity contribution in [3.05, 3.63) is 44.1 Å². The Morgan fingerprint density at radius 3 is 2.48 bits per heavy atom. The highest BCUT2D eigenvalue weighted by atomic mass is 79.9. The number of anilines is 1. The minimum Gasteiger partial charge on any atom is -0.464 e. The largest absolute Gasteiger partial charge is 0.464 e. The first-order valence-corrected chi connectivity index (χ1v) is 7.09. The highest BCUT2D eigenvalue weighted by Gasteiger charge is 2.24. The molecule has 0 spiro atoms. The van der Waals surface area contributed by atoms with Crippen LogP contribution in [0.1, 0.15) is 16.1 Å². The molecule has 0 aliphatic rings. The lowest BCUT2D eigenvalue weighted by atomic mass is 10.2. The molecule has 0 aliphatic heterocycles. The Bertz CT molecular complexity index is 757. The molecule has 0 fully saturated rings. The lowest BCUT2D eigenvalue weighted by molar-refractivity contribution is 0.0593. The van der Waals surface area contributed by atoms with Gasteiger partial charge in [0, 0.05) is 10.7 Å². The van der Waals surface area contributed by atoms with E-state index in [0.717, 1.165) is 0 Å². The summed E-state index contributed by atoms with van der Waals surface area (Å²) in [5.74, 6) is -0.691. The molecule has 108 valence electrons. The van der Waals surface area contributed by atoms with Crippen molar-refractivity contribution in [2.45, 2.75) is 0 Å². The van der Waals surface area contributed by atoms with Gasteiger partial charge in [-0.15, -0.1) is 0 Å². The zero-order valence-electron chi connectivity index (χ0n) is 10.7. The monoisotopic (exact) mass is 387 g/mol. The number of aromatic nitrogens is 1. The number of carbonyl (C=O) groups excluding carboxylic acids is 1. The van der Waals surface area contributed by atoms with Crippen molar-refractivity contribution >= 4 is 50.8 Å². The predicted octanol–water partition coefficient (Wildman–Crippen LogP) is 3.79. The van der Waals surface area contributed by atoms with Crippen LogP contribution in [0.3, 0.4) is 0 Å². The van der Waals surface area contributed by atoms with Crippen LogP contribution in [0.25, 0.3) is 5.69 Å². The Labute approximate surface area is 138 Å². The number of hydrogen-bond donors (Lipinski definition) is 1. The molecule has 1 aromatic carbocycles. The number of benzene rings is 1. The third-order valence-corrected chi connectivity index (χ3v) is 3.80. The molecule has 2 aromatic rings. The zero-order chi connectivity index (χ0) is 15.7. The van der Waals surface area contributed by atoms with Crippen LogP contribution in [0.5, 0.6) is 0 Å². The number of carbonyl (C=O) groups is 1. The van der Waals surface area contributed by atoms with Gasteiger partial charge in [0.2, 0.25) is 0 Å². The number of nitrogens with zero attached hydrogens (tertiary/aromatic N) is 2. The minimum atomic E-state index is -0.691. The van der Waals surface area contributed by atoms with Crippen molar-refractivity contribution in [1.82, 2.24) is 4.57 Å². The van der Waals surface area contributed by atoms with Crippen LogP contribution >= 0.6 is 39.1 Å². The minimum absolute atomic E-state index is 0.000160. The maximum atomic E-state index is 11.9. The van der Waals surface area contributed by atoms with E-state index in [2.05, 4.69) is 15.9 Å². The van der Waals surface area contributed by atoms with Gasteiger partial charge in [0.05, 0.1) is 34.1 Å². The summed E-state index contributed by atoms with van der Waals surface area (Å²) in [5, 5.41) is 9.65. The first-order valence-electron chi connectivity index (χ1n) is 5.54. The Morgan fingerprint density at radius 2 is 2.00 bits per heavy atom. The first kappa shape index (κ1) is 15.7. The summed E-state index contributed by atoms with van der Waals surface area (Å²) in [7, 11) is 1.22. The molecule has 0 radical (unpaired) electrons. The quantitative estimate of drug-likeness (QED) is 0.793. The van der Waals surface area contributed by atoms with Crippen LogP contribution in [-0.2, 0) is 4.74 Å². The molecule has 0 saturated carbocycles. The van der Waals surface area contributed by atoms with Gasteiger partial charge in [0.1, 0.15) is 6.07 Å². The summed E-state index contributed by atoms with van der Waals surface area (Å²) < 4.78 is 6.74. The molecule has 0 saturated heterocycles. The SMILES string of the molecule is COC(=O)c1c(N)c(C#N)cn1-c1c(Cl)cc(Br)cc1Cl. The number of nitrogen functional groups attached to an aromatic ring is 1. The Hall–Kier alpha value is -1.68. The smallest absolute Gasteiger partial charge is 0.357 e. The number of rotatable bonds is 2. The highest BCUT2D eigenvalue weighted by Crippen LogP contribution is 2.35. The summed E-state index contributed by atoms with van der Waals surface area (Å²) in [5.41, 5.74) is 6.31. The summed E-state index contributed by atoms with van der Waals surface area (Å²) >= 11 is 15.6. The molecule has 0 bridgehead atoms. The van der Waals surface area contributed by atoms with E-state index >= 15 is 0 Å². The van der Waals surface area contributed by atoms with Gasteiger partial charge in [-0.25, -0.2) is 4.79 Å². The summed E-state index contributed by atoms with van der Waals surface area (Å²) in [6, 6.07) is 5.14. The van der Waals surface area contributed by atoms with Gasteiger partial charge in [-0.05, 0) is 12.1 Å². The lowest BCUT2D eigenvalue weighted by Crippen LogP contribution is -2.11. The van der Waals surface area contributed by atoms with Gasteiger partial charge < -0.3 is 15.0 Å². The van der Waals surface area contributed by atoms with Gasteiger partial charge in [0.25, 0.3) is 0 Å². The van der Waals surface area contributed by atoms with Crippen molar-refractivity contribution in [1.29, 1.82) is 5.26 Å². The fraction of sp³-hybridized carbons (Fsp3) is 0.0769. The molecule has 21 heavy (non-hydrogen) atoms. The third kappa shape index (κ3) is 2.72. The first-order chi connectivity index (χ1) is 9.90. The van der Waals surface area contributed by atoms with Gasteiger partial charge in [-0.1, -0.05) is 39.1 Å². The molecule has 1 heterocycles. The maximum absolute atomic E-state index is 11.9. The zero-order valence-corrected chi connectivity index (χ0v) is 13.8. The fourth-order valence-electron chi connectivity index (χ4n) is 1.86. The normalized spacial score (nSPS) is 10.2. The number of esters is 1. The number of nitriles is 1. The average molecular weight is 389 g/mol. The molecule has 2 N–H and O–H groups in total. The second-order valence-corrected chi connectivity index (χ2v) is 5.73. The average Bonchev–Trinajstić information content (AvgIpc) is 2.73. The highest BCUT2D eigenvalue weighted by molar-refractivity contribution is 9.10. The molecule has 0 unspecified atom stereocenters. The third-order valence-electron chi connectivity index (χ3n) is 2.77. The second kappa shape index (κ2) is 5.98. The molecular weight excluding hydrogens is 381 g/mol. The van der Waals surface area contributed by atoms with E-state index in [1.54, 1.807) is 12.1 Å². The standard InChI is InChI=1S/C13H8BrCl2N3O2/c1-21-13(20)12-10(18)6(4-17)5-19(12)11-8(15)2-7(14)3-9(11)16/h2-3,5H,18H2,1H3. The van der Waals surface area contributed by atoms with Crippen molar-refractivity contribution in [2.24, 2.45) is 0 Å². The van der Waals surface area contributed by atoms with E-state index < -0.39 is 5.97 Å². The molecule has 2 rings (SSSR count). The topological polar surface area (TPSA) is 81.0 Å². The Kier molecular flexibility index (Phi) is 4.47. The van der Waals surface area contributed by atoms with E-state index in [4.69, 9.17) is 38.9 Å². The molecule has 1 aromatic heterocycles. The van der Waals surface area contributed by atoms with Gasteiger partial charge in [-0.2, -0.15) is 5.26 Å². The van der Waals surface area contributed by atoms with Crippen molar-refractivity contribution in [2.75, 3.05) is 12.8 Å². The van der Waals surface area contributed by atoms with Crippen molar-refractivity contribution in [3.63, 3.8) is 0 Å². The molecule has 5 nitrogen and oxygen atoms in total. The summed E-state index contributed by atoms with van der Waals surface area (Å²) in [6.07, 6.45) is 1.39. The molecule has 0 aliphatic carbocycles. The Morgan fingerprint density at radius 1 is 1.43 bits per heavy atom. The predicted molar refractivity (Wildman–Crippen MR) is 84.0 cm³/mol.